The summed E-state index contributed by atoms with van der Waals surface area (Å²) in [6.07, 6.45) is 0.708. The molecule has 30 heavy (non-hydrogen) atoms. The molecule has 7 nitrogen and oxygen atoms in total. The standard InChI is InChI=1S/C22H26N2O5S/c1-23(2)11-7-12-24-19(16-10-6-13-30-16)18(21(26)22(24)27)20(25)17-14(28-3)8-5-9-15(17)29-4/h5-6,8-10,13,19,25H,7,11-12H2,1-4H3/b20-18+. The summed E-state index contributed by atoms with van der Waals surface area (Å²) in [5.74, 6) is -0.895. The monoisotopic (exact) mass is 430 g/mol. The zero-order valence-corrected chi connectivity index (χ0v) is 18.4. The van der Waals surface area contributed by atoms with Crippen LogP contribution in [0.25, 0.3) is 5.76 Å². The van der Waals surface area contributed by atoms with Crippen LogP contribution in [0.15, 0.2) is 41.3 Å². The molecular formula is C22H26N2O5S. The summed E-state index contributed by atoms with van der Waals surface area (Å²) in [5.41, 5.74) is 0.311. The highest BCUT2D eigenvalue weighted by atomic mass is 32.1. The van der Waals surface area contributed by atoms with Crippen molar-refractivity contribution in [2.24, 2.45) is 0 Å². The van der Waals surface area contributed by atoms with Crippen LogP contribution in [-0.2, 0) is 9.59 Å². The van der Waals surface area contributed by atoms with Gasteiger partial charge in [0.2, 0.25) is 0 Å². The van der Waals surface area contributed by atoms with E-state index in [0.717, 1.165) is 11.4 Å². The number of rotatable bonds is 8. The minimum atomic E-state index is -0.705. The number of Topliss-reactive ketones (excluding diaryl/α,β-unsaturated/α-hetero) is 1. The first-order chi connectivity index (χ1) is 14.4. The van der Waals surface area contributed by atoms with Crippen LogP contribution in [0.5, 0.6) is 11.5 Å². The van der Waals surface area contributed by atoms with Crippen LogP contribution < -0.4 is 9.47 Å². The van der Waals surface area contributed by atoms with Gasteiger partial charge in [-0.3, -0.25) is 9.59 Å². The Labute approximate surface area is 180 Å². The van der Waals surface area contributed by atoms with Gasteiger partial charge in [-0.15, -0.1) is 11.3 Å². The van der Waals surface area contributed by atoms with Crippen LogP contribution in [0.3, 0.4) is 0 Å². The Morgan fingerprint density at radius 3 is 2.33 bits per heavy atom. The van der Waals surface area contributed by atoms with E-state index in [9.17, 15) is 14.7 Å². The lowest BCUT2D eigenvalue weighted by molar-refractivity contribution is -0.139. The molecule has 0 saturated carbocycles. The molecule has 1 fully saturated rings. The van der Waals surface area contributed by atoms with Crippen LogP contribution in [0.4, 0.5) is 0 Å². The molecule has 1 aromatic carbocycles. The lowest BCUT2D eigenvalue weighted by atomic mass is 9.98. The van der Waals surface area contributed by atoms with Crippen molar-refractivity contribution in [1.29, 1.82) is 0 Å². The zero-order chi connectivity index (χ0) is 21.8. The summed E-state index contributed by atoms with van der Waals surface area (Å²) in [5, 5.41) is 13.1. The van der Waals surface area contributed by atoms with Crippen LogP contribution in [-0.4, -0.2) is 68.0 Å². The first kappa shape index (κ1) is 21.9. The van der Waals surface area contributed by atoms with Crippen molar-refractivity contribution in [3.8, 4) is 11.5 Å². The third kappa shape index (κ3) is 4.06. The van der Waals surface area contributed by atoms with E-state index in [1.165, 1.54) is 25.6 Å². The third-order valence-electron chi connectivity index (χ3n) is 5.02. The van der Waals surface area contributed by atoms with Gasteiger partial charge in [-0.2, -0.15) is 0 Å². The van der Waals surface area contributed by atoms with Crippen LogP contribution in [0, 0.1) is 0 Å². The number of methoxy groups -OCH3 is 2. The SMILES string of the molecule is COc1cccc(OC)c1/C(O)=C1\C(=O)C(=O)N(CCCN(C)C)C1c1cccs1. The topological polar surface area (TPSA) is 79.3 Å². The fraction of sp³-hybridized carbons (Fsp3) is 0.364. The molecule has 1 aromatic heterocycles. The van der Waals surface area contributed by atoms with Crippen LogP contribution >= 0.6 is 11.3 Å². The van der Waals surface area contributed by atoms with Crippen molar-refractivity contribution >= 4 is 28.8 Å². The van der Waals surface area contributed by atoms with E-state index in [1.807, 2.05) is 36.5 Å². The number of aliphatic hydroxyl groups excluding tert-OH is 1. The van der Waals surface area contributed by atoms with E-state index in [4.69, 9.17) is 9.47 Å². The predicted molar refractivity (Wildman–Crippen MR) is 116 cm³/mol. The van der Waals surface area contributed by atoms with E-state index >= 15 is 0 Å². The molecule has 1 N–H and O–H groups in total. The second-order valence-electron chi connectivity index (χ2n) is 7.20. The van der Waals surface area contributed by atoms with Gasteiger partial charge < -0.3 is 24.4 Å². The molecule has 160 valence electrons. The highest BCUT2D eigenvalue weighted by Crippen LogP contribution is 2.44. The Hall–Kier alpha value is -2.84. The molecule has 1 unspecified atom stereocenters. The van der Waals surface area contributed by atoms with E-state index in [-0.39, 0.29) is 16.9 Å². The molecule has 2 aromatic rings. The number of likely N-dealkylation sites (tertiary alicyclic amines) is 1. The van der Waals surface area contributed by atoms with Crippen molar-refractivity contribution in [3.05, 3.63) is 51.7 Å². The normalized spacial score (nSPS) is 18.3. The number of amides is 1. The number of nitrogens with zero attached hydrogens (tertiary/aromatic N) is 2. The minimum absolute atomic E-state index is 0.0510. The van der Waals surface area contributed by atoms with Gasteiger partial charge >= 0.3 is 0 Å². The van der Waals surface area contributed by atoms with Gasteiger partial charge in [-0.05, 0) is 50.6 Å². The highest BCUT2D eigenvalue weighted by molar-refractivity contribution is 7.10. The van der Waals surface area contributed by atoms with Gasteiger partial charge in [0.1, 0.15) is 22.8 Å². The molecule has 1 saturated heterocycles. The second-order valence-corrected chi connectivity index (χ2v) is 8.18. The molecule has 1 atom stereocenters. The lowest BCUT2D eigenvalue weighted by Gasteiger charge is -2.25. The van der Waals surface area contributed by atoms with Crippen LogP contribution in [0.1, 0.15) is 22.9 Å². The van der Waals surface area contributed by atoms with Crippen molar-refractivity contribution in [2.75, 3.05) is 41.4 Å². The number of ketones is 1. The number of carbonyl (C=O) groups is 2. The summed E-state index contributed by atoms with van der Waals surface area (Å²) in [6, 6.07) is 8.15. The molecule has 0 radical (unpaired) electrons. The Bertz CT molecular complexity index is 930. The number of aliphatic hydroxyl groups is 1. The van der Waals surface area contributed by atoms with Gasteiger partial charge in [0, 0.05) is 11.4 Å². The molecule has 2 heterocycles. The van der Waals surface area contributed by atoms with Crippen molar-refractivity contribution < 1.29 is 24.2 Å². The molecule has 1 aliphatic rings. The molecule has 8 heteroatoms. The summed E-state index contributed by atoms with van der Waals surface area (Å²) in [6.45, 7) is 1.19. The fourth-order valence-electron chi connectivity index (χ4n) is 3.63. The molecule has 1 aliphatic heterocycles. The number of benzene rings is 1. The average Bonchev–Trinajstić information content (AvgIpc) is 3.34. The third-order valence-corrected chi connectivity index (χ3v) is 5.95. The van der Waals surface area contributed by atoms with Gasteiger partial charge in [0.15, 0.2) is 0 Å². The fourth-order valence-corrected chi connectivity index (χ4v) is 4.48. The van der Waals surface area contributed by atoms with Crippen LogP contribution in [0.2, 0.25) is 0 Å². The molecule has 0 spiro atoms. The molecule has 1 amide bonds. The van der Waals surface area contributed by atoms with Gasteiger partial charge in [0.05, 0.1) is 25.8 Å². The number of ether oxygens (including phenoxy) is 2. The van der Waals surface area contributed by atoms with E-state index < -0.39 is 17.7 Å². The maximum Gasteiger partial charge on any atom is 0.295 e. The Morgan fingerprint density at radius 2 is 1.80 bits per heavy atom. The van der Waals surface area contributed by atoms with E-state index in [2.05, 4.69) is 0 Å². The Kier molecular flexibility index (Phi) is 6.79. The summed E-state index contributed by atoms with van der Waals surface area (Å²) in [7, 11) is 6.86. The molecule has 0 aliphatic carbocycles. The van der Waals surface area contributed by atoms with E-state index in [1.54, 1.807) is 23.1 Å². The number of hydrogen-bond acceptors (Lipinski definition) is 7. The van der Waals surface area contributed by atoms with Gasteiger partial charge in [0.25, 0.3) is 11.7 Å². The zero-order valence-electron chi connectivity index (χ0n) is 17.5. The Balaban J connectivity index is 2.14. The number of carbonyl (C=O) groups excluding carboxylic acids is 2. The van der Waals surface area contributed by atoms with Crippen molar-refractivity contribution in [2.45, 2.75) is 12.5 Å². The largest absolute Gasteiger partial charge is 0.506 e. The van der Waals surface area contributed by atoms with E-state index in [0.29, 0.717) is 24.5 Å². The molecular weight excluding hydrogens is 404 g/mol. The predicted octanol–water partition coefficient (Wildman–Crippen LogP) is 3.14. The average molecular weight is 431 g/mol. The Morgan fingerprint density at radius 1 is 1.13 bits per heavy atom. The second kappa shape index (κ2) is 9.32. The summed E-state index contributed by atoms with van der Waals surface area (Å²) < 4.78 is 10.8. The number of hydrogen-bond donors (Lipinski definition) is 1. The quantitative estimate of drug-likeness (QED) is 0.394. The molecule has 0 bridgehead atoms. The maximum absolute atomic E-state index is 13.0. The minimum Gasteiger partial charge on any atom is -0.506 e. The smallest absolute Gasteiger partial charge is 0.295 e. The first-order valence-corrected chi connectivity index (χ1v) is 10.5. The van der Waals surface area contributed by atoms with Crippen molar-refractivity contribution in [3.63, 3.8) is 0 Å². The van der Waals surface area contributed by atoms with Gasteiger partial charge in [-0.25, -0.2) is 0 Å². The van der Waals surface area contributed by atoms with Gasteiger partial charge in [-0.1, -0.05) is 12.1 Å². The number of thiophene rings is 1. The highest BCUT2D eigenvalue weighted by Gasteiger charge is 2.46. The lowest BCUT2D eigenvalue weighted by Crippen LogP contribution is -2.32. The summed E-state index contributed by atoms with van der Waals surface area (Å²) in [4.78, 5) is 30.3. The molecule has 3 rings (SSSR count). The first-order valence-electron chi connectivity index (χ1n) is 9.58. The summed E-state index contributed by atoms with van der Waals surface area (Å²) >= 11 is 1.44. The van der Waals surface area contributed by atoms with Crippen molar-refractivity contribution in [1.82, 2.24) is 9.80 Å². The maximum atomic E-state index is 13.0.